The molecule has 4 nitrogen and oxygen atoms in total. The maximum absolute atomic E-state index is 11.9. The van der Waals surface area contributed by atoms with Gasteiger partial charge < -0.3 is 15.8 Å². The van der Waals surface area contributed by atoms with Crippen LogP contribution in [-0.2, 0) is 4.79 Å². The third-order valence-electron chi connectivity index (χ3n) is 4.03. The summed E-state index contributed by atoms with van der Waals surface area (Å²) in [6, 6.07) is 7.21. The van der Waals surface area contributed by atoms with Gasteiger partial charge in [0.25, 0.3) is 5.91 Å². The lowest BCUT2D eigenvalue weighted by molar-refractivity contribution is -0.123. The van der Waals surface area contributed by atoms with E-state index in [9.17, 15) is 4.79 Å². The average Bonchev–Trinajstić information content (AvgIpc) is 2.90. The quantitative estimate of drug-likeness (QED) is 0.792. The lowest BCUT2D eigenvalue weighted by Crippen LogP contribution is -2.37. The third kappa shape index (κ3) is 4.43. The van der Waals surface area contributed by atoms with Crippen molar-refractivity contribution in [3.8, 4) is 5.75 Å². The van der Waals surface area contributed by atoms with Crippen LogP contribution in [0, 0.1) is 5.41 Å². The van der Waals surface area contributed by atoms with Gasteiger partial charge in [-0.15, -0.1) is 0 Å². The molecule has 114 valence electrons. The van der Waals surface area contributed by atoms with E-state index in [1.54, 1.807) is 12.1 Å². The van der Waals surface area contributed by atoms with Crippen molar-refractivity contribution >= 4 is 23.1 Å². The third-order valence-corrected chi connectivity index (χ3v) is 4.25. The molecule has 2 rings (SSSR count). The number of nitrogens with two attached hydrogens (primary N) is 1. The normalized spacial score (nSPS) is 16.4. The monoisotopic (exact) mass is 306 g/mol. The smallest absolute Gasteiger partial charge is 0.257 e. The Labute approximate surface area is 131 Å². The van der Waals surface area contributed by atoms with Crippen LogP contribution >= 0.6 is 12.2 Å². The molecule has 0 aromatic heterocycles. The molecule has 0 heterocycles. The fourth-order valence-corrected chi connectivity index (χ4v) is 2.88. The summed E-state index contributed by atoms with van der Waals surface area (Å²) in [4.78, 5) is 12.2. The molecule has 1 saturated carbocycles. The van der Waals surface area contributed by atoms with Crippen LogP contribution in [0.2, 0.25) is 0 Å². The standard InChI is InChI=1S/C16H22N2O2S/c1-16(8-4-5-9-16)11-18-14(19)10-20-13-7-3-2-6-12(13)15(17)21/h2-3,6-7H,4-5,8-11H2,1H3,(H2,17,21)(H,18,19). The number of nitrogens with one attached hydrogen (secondary N) is 1. The maximum atomic E-state index is 11.9. The van der Waals surface area contributed by atoms with E-state index in [0.717, 1.165) is 0 Å². The molecule has 1 aromatic rings. The summed E-state index contributed by atoms with van der Waals surface area (Å²) in [6.45, 7) is 2.92. The van der Waals surface area contributed by atoms with Crippen LogP contribution in [0.15, 0.2) is 24.3 Å². The molecule has 21 heavy (non-hydrogen) atoms. The molecule has 1 fully saturated rings. The molecule has 5 heteroatoms. The zero-order chi connectivity index (χ0) is 15.3. The molecule has 0 bridgehead atoms. The number of hydrogen-bond acceptors (Lipinski definition) is 3. The molecule has 1 aliphatic carbocycles. The van der Waals surface area contributed by atoms with Crippen molar-refractivity contribution in [1.29, 1.82) is 0 Å². The lowest BCUT2D eigenvalue weighted by Gasteiger charge is -2.23. The van der Waals surface area contributed by atoms with Gasteiger partial charge in [-0.05, 0) is 30.4 Å². The Morgan fingerprint density at radius 2 is 2.05 bits per heavy atom. The Bertz CT molecular complexity index is 525. The molecule has 1 amide bonds. The Hall–Kier alpha value is -1.62. The van der Waals surface area contributed by atoms with Gasteiger partial charge in [-0.25, -0.2) is 0 Å². The largest absolute Gasteiger partial charge is 0.483 e. The summed E-state index contributed by atoms with van der Waals surface area (Å²) in [5, 5.41) is 2.96. The van der Waals surface area contributed by atoms with Crippen molar-refractivity contribution < 1.29 is 9.53 Å². The zero-order valence-electron chi connectivity index (χ0n) is 12.4. The number of carbonyl (C=O) groups is 1. The highest BCUT2D eigenvalue weighted by molar-refractivity contribution is 7.80. The summed E-state index contributed by atoms with van der Waals surface area (Å²) in [5.74, 6) is 0.438. The van der Waals surface area contributed by atoms with Crippen molar-refractivity contribution in [2.24, 2.45) is 11.1 Å². The molecule has 3 N–H and O–H groups in total. The van der Waals surface area contributed by atoms with Gasteiger partial charge in [-0.2, -0.15) is 0 Å². The highest BCUT2D eigenvalue weighted by Gasteiger charge is 2.28. The molecule has 0 unspecified atom stereocenters. The van der Waals surface area contributed by atoms with Gasteiger partial charge in [0.1, 0.15) is 10.7 Å². The van der Waals surface area contributed by atoms with Crippen LogP contribution in [0.3, 0.4) is 0 Å². The predicted octanol–water partition coefficient (Wildman–Crippen LogP) is 2.40. The van der Waals surface area contributed by atoms with Gasteiger partial charge in [-0.1, -0.05) is 44.1 Å². The van der Waals surface area contributed by atoms with Crippen LogP contribution in [0.4, 0.5) is 0 Å². The number of rotatable bonds is 6. The van der Waals surface area contributed by atoms with E-state index >= 15 is 0 Å². The van der Waals surface area contributed by atoms with Gasteiger partial charge in [0.2, 0.25) is 0 Å². The minimum absolute atomic E-state index is 0.0181. The molecular formula is C16H22N2O2S. The minimum Gasteiger partial charge on any atom is -0.483 e. The Morgan fingerprint density at radius 1 is 1.38 bits per heavy atom. The Balaban J connectivity index is 1.83. The fraction of sp³-hybridized carbons (Fsp3) is 0.500. The van der Waals surface area contributed by atoms with Crippen molar-refractivity contribution in [3.63, 3.8) is 0 Å². The molecule has 1 aliphatic rings. The molecule has 0 atom stereocenters. The number of para-hydroxylation sites is 1. The molecule has 0 radical (unpaired) electrons. The topological polar surface area (TPSA) is 64.3 Å². The van der Waals surface area contributed by atoms with E-state index in [1.165, 1.54) is 25.7 Å². The van der Waals surface area contributed by atoms with Crippen molar-refractivity contribution in [2.75, 3.05) is 13.2 Å². The number of amides is 1. The molecule has 0 spiro atoms. The average molecular weight is 306 g/mol. The van der Waals surface area contributed by atoms with Gasteiger partial charge >= 0.3 is 0 Å². The van der Waals surface area contributed by atoms with E-state index in [1.807, 2.05) is 12.1 Å². The first kappa shape index (κ1) is 15.8. The van der Waals surface area contributed by atoms with Crippen molar-refractivity contribution in [3.05, 3.63) is 29.8 Å². The summed E-state index contributed by atoms with van der Waals surface area (Å²) in [7, 11) is 0. The van der Waals surface area contributed by atoms with Gasteiger partial charge in [0.05, 0.1) is 5.56 Å². The predicted molar refractivity (Wildman–Crippen MR) is 87.4 cm³/mol. The summed E-state index contributed by atoms with van der Waals surface area (Å²) in [6.07, 6.45) is 4.87. The van der Waals surface area contributed by atoms with E-state index in [4.69, 9.17) is 22.7 Å². The first-order chi connectivity index (χ1) is 10.0. The fourth-order valence-electron chi connectivity index (χ4n) is 2.71. The van der Waals surface area contributed by atoms with Gasteiger partial charge in [0.15, 0.2) is 6.61 Å². The summed E-state index contributed by atoms with van der Waals surface area (Å²) in [5.41, 5.74) is 6.53. The zero-order valence-corrected chi connectivity index (χ0v) is 13.2. The number of hydrogen-bond donors (Lipinski definition) is 2. The molecule has 0 saturated heterocycles. The van der Waals surface area contributed by atoms with E-state index < -0.39 is 0 Å². The Kier molecular flexibility index (Phi) is 5.17. The highest BCUT2D eigenvalue weighted by atomic mass is 32.1. The Morgan fingerprint density at radius 3 is 2.71 bits per heavy atom. The van der Waals surface area contributed by atoms with E-state index in [2.05, 4.69) is 12.2 Å². The second-order valence-electron chi connectivity index (χ2n) is 5.94. The van der Waals surface area contributed by atoms with E-state index in [-0.39, 0.29) is 22.9 Å². The lowest BCUT2D eigenvalue weighted by atomic mass is 9.89. The highest BCUT2D eigenvalue weighted by Crippen LogP contribution is 2.36. The van der Waals surface area contributed by atoms with Crippen LogP contribution in [0.5, 0.6) is 5.75 Å². The molecular weight excluding hydrogens is 284 g/mol. The maximum Gasteiger partial charge on any atom is 0.257 e. The van der Waals surface area contributed by atoms with Gasteiger partial charge in [0, 0.05) is 6.54 Å². The van der Waals surface area contributed by atoms with Gasteiger partial charge in [-0.3, -0.25) is 4.79 Å². The van der Waals surface area contributed by atoms with Crippen molar-refractivity contribution in [1.82, 2.24) is 5.32 Å². The molecule has 0 aliphatic heterocycles. The summed E-state index contributed by atoms with van der Waals surface area (Å²) >= 11 is 4.97. The number of carbonyl (C=O) groups excluding carboxylic acids is 1. The number of benzene rings is 1. The van der Waals surface area contributed by atoms with Crippen LogP contribution in [0.25, 0.3) is 0 Å². The first-order valence-corrected chi connectivity index (χ1v) is 7.69. The second-order valence-corrected chi connectivity index (χ2v) is 6.38. The van der Waals surface area contributed by atoms with E-state index in [0.29, 0.717) is 17.9 Å². The molecule has 1 aromatic carbocycles. The summed E-state index contributed by atoms with van der Waals surface area (Å²) < 4.78 is 5.53. The van der Waals surface area contributed by atoms with Crippen LogP contribution in [0.1, 0.15) is 38.2 Å². The first-order valence-electron chi connectivity index (χ1n) is 7.28. The second kappa shape index (κ2) is 6.89. The number of thiocarbonyl (C=S) groups is 1. The SMILES string of the molecule is CC1(CNC(=O)COc2ccccc2C(N)=S)CCCC1. The van der Waals surface area contributed by atoms with Crippen LogP contribution < -0.4 is 15.8 Å². The van der Waals surface area contributed by atoms with Crippen molar-refractivity contribution in [2.45, 2.75) is 32.6 Å². The number of ether oxygens (including phenoxy) is 1. The minimum atomic E-state index is -0.110. The van der Waals surface area contributed by atoms with Crippen LogP contribution in [-0.4, -0.2) is 24.0 Å².